The van der Waals surface area contributed by atoms with E-state index < -0.39 is 5.97 Å². The SMILES string of the molecule is CCSc1nc2c(C(=O)O)scc2n1Cc1ccc(-c2ccccc2-c2nnn[nH]2)cc1. The number of rotatable bonds is 7. The Labute approximate surface area is 191 Å². The Bertz CT molecular complexity index is 1390. The molecule has 0 spiro atoms. The Morgan fingerprint density at radius 1 is 1.16 bits per heavy atom. The molecule has 3 heterocycles. The van der Waals surface area contributed by atoms with Gasteiger partial charge in [0.05, 0.1) is 12.1 Å². The molecule has 0 saturated carbocycles. The van der Waals surface area contributed by atoms with E-state index in [1.54, 1.807) is 11.8 Å². The van der Waals surface area contributed by atoms with Crippen LogP contribution in [0.4, 0.5) is 0 Å². The van der Waals surface area contributed by atoms with Gasteiger partial charge in [0.25, 0.3) is 0 Å². The van der Waals surface area contributed by atoms with Gasteiger partial charge in [-0.25, -0.2) is 14.9 Å². The highest BCUT2D eigenvalue weighted by molar-refractivity contribution is 7.99. The van der Waals surface area contributed by atoms with Crippen molar-refractivity contribution in [3.8, 4) is 22.5 Å². The minimum absolute atomic E-state index is 0.283. The van der Waals surface area contributed by atoms with E-state index in [9.17, 15) is 9.90 Å². The molecular formula is C22H18N6O2S2. The van der Waals surface area contributed by atoms with Crippen molar-refractivity contribution in [2.75, 3.05) is 5.75 Å². The number of imidazole rings is 1. The maximum absolute atomic E-state index is 11.5. The number of aromatic nitrogens is 6. The zero-order valence-electron chi connectivity index (χ0n) is 17.0. The van der Waals surface area contributed by atoms with Crippen LogP contribution in [0.3, 0.4) is 0 Å². The van der Waals surface area contributed by atoms with Crippen LogP contribution in [-0.4, -0.2) is 47.0 Å². The van der Waals surface area contributed by atoms with E-state index >= 15 is 0 Å². The summed E-state index contributed by atoms with van der Waals surface area (Å²) in [4.78, 5) is 16.4. The molecule has 32 heavy (non-hydrogen) atoms. The molecule has 0 aliphatic rings. The highest BCUT2D eigenvalue weighted by Gasteiger charge is 2.20. The molecule has 5 rings (SSSR count). The topological polar surface area (TPSA) is 110 Å². The van der Waals surface area contributed by atoms with Crippen LogP contribution in [0.15, 0.2) is 59.1 Å². The lowest BCUT2D eigenvalue weighted by molar-refractivity contribution is 0.0704. The zero-order valence-corrected chi connectivity index (χ0v) is 18.7. The summed E-state index contributed by atoms with van der Waals surface area (Å²) in [7, 11) is 0. The van der Waals surface area contributed by atoms with Crippen LogP contribution >= 0.6 is 23.1 Å². The molecule has 0 atom stereocenters. The molecule has 0 unspecified atom stereocenters. The van der Waals surface area contributed by atoms with Crippen LogP contribution in [0.1, 0.15) is 22.2 Å². The molecule has 0 bridgehead atoms. The molecule has 0 radical (unpaired) electrons. The summed E-state index contributed by atoms with van der Waals surface area (Å²) in [5, 5.41) is 26.4. The summed E-state index contributed by atoms with van der Waals surface area (Å²) >= 11 is 2.83. The van der Waals surface area contributed by atoms with Crippen molar-refractivity contribution < 1.29 is 9.90 Å². The Kier molecular flexibility index (Phi) is 5.46. The predicted octanol–water partition coefficient (Wildman–Crippen LogP) is 4.80. The van der Waals surface area contributed by atoms with Crippen molar-refractivity contribution in [1.29, 1.82) is 0 Å². The van der Waals surface area contributed by atoms with Gasteiger partial charge in [-0.15, -0.1) is 16.4 Å². The molecule has 10 heteroatoms. The zero-order chi connectivity index (χ0) is 22.1. The highest BCUT2D eigenvalue weighted by Crippen LogP contribution is 2.33. The fourth-order valence-electron chi connectivity index (χ4n) is 3.63. The van der Waals surface area contributed by atoms with E-state index in [-0.39, 0.29) is 4.88 Å². The minimum Gasteiger partial charge on any atom is -0.477 e. The van der Waals surface area contributed by atoms with E-state index in [1.807, 2.05) is 29.6 Å². The number of carboxylic acid groups (broad SMARTS) is 1. The molecule has 8 nitrogen and oxygen atoms in total. The van der Waals surface area contributed by atoms with Gasteiger partial charge in [-0.3, -0.25) is 0 Å². The summed E-state index contributed by atoms with van der Waals surface area (Å²) in [5.41, 5.74) is 5.55. The number of thiophene rings is 1. The number of nitrogens with zero attached hydrogens (tertiary/aromatic N) is 5. The van der Waals surface area contributed by atoms with Gasteiger partial charge in [0.1, 0.15) is 10.4 Å². The average Bonchev–Trinajstić information content (AvgIpc) is 3.53. The Morgan fingerprint density at radius 2 is 1.94 bits per heavy atom. The Balaban J connectivity index is 1.48. The quantitative estimate of drug-likeness (QED) is 0.334. The third-order valence-corrected chi connectivity index (χ3v) is 6.88. The normalized spacial score (nSPS) is 11.3. The number of tetrazole rings is 1. The summed E-state index contributed by atoms with van der Waals surface area (Å²) in [6.07, 6.45) is 0. The highest BCUT2D eigenvalue weighted by atomic mass is 32.2. The second kappa shape index (κ2) is 8.56. The maximum atomic E-state index is 11.5. The fraction of sp³-hybridized carbons (Fsp3) is 0.136. The summed E-state index contributed by atoms with van der Waals surface area (Å²) < 4.78 is 2.09. The lowest BCUT2D eigenvalue weighted by Gasteiger charge is -2.10. The first-order chi connectivity index (χ1) is 15.7. The van der Waals surface area contributed by atoms with Crippen molar-refractivity contribution in [3.05, 3.63) is 64.4 Å². The molecule has 5 aromatic rings. The van der Waals surface area contributed by atoms with E-state index in [0.29, 0.717) is 17.9 Å². The molecule has 0 aliphatic heterocycles. The van der Waals surface area contributed by atoms with E-state index in [4.69, 9.17) is 0 Å². The van der Waals surface area contributed by atoms with Crippen molar-refractivity contribution >= 4 is 40.1 Å². The van der Waals surface area contributed by atoms with Crippen LogP contribution in [0.25, 0.3) is 33.5 Å². The van der Waals surface area contributed by atoms with Gasteiger partial charge in [0, 0.05) is 10.9 Å². The molecule has 2 aromatic carbocycles. The van der Waals surface area contributed by atoms with Gasteiger partial charge in [0.2, 0.25) is 0 Å². The van der Waals surface area contributed by atoms with E-state index in [0.717, 1.165) is 38.7 Å². The first-order valence-corrected chi connectivity index (χ1v) is 11.8. The number of fused-ring (bicyclic) bond motifs is 1. The Morgan fingerprint density at radius 3 is 2.62 bits per heavy atom. The third kappa shape index (κ3) is 3.67. The molecule has 0 amide bonds. The van der Waals surface area contributed by atoms with Crippen LogP contribution < -0.4 is 0 Å². The largest absolute Gasteiger partial charge is 0.477 e. The van der Waals surface area contributed by atoms with Gasteiger partial charge in [-0.05, 0) is 32.9 Å². The van der Waals surface area contributed by atoms with Gasteiger partial charge in [-0.1, -0.05) is 67.2 Å². The summed E-state index contributed by atoms with van der Waals surface area (Å²) in [6.45, 7) is 2.67. The molecule has 3 aromatic heterocycles. The monoisotopic (exact) mass is 462 g/mol. The van der Waals surface area contributed by atoms with Crippen LogP contribution in [0, 0.1) is 0 Å². The van der Waals surface area contributed by atoms with E-state index in [2.05, 4.69) is 61.4 Å². The van der Waals surface area contributed by atoms with Crippen molar-refractivity contribution in [1.82, 2.24) is 30.2 Å². The molecular weight excluding hydrogens is 444 g/mol. The molecule has 0 saturated heterocycles. The number of aromatic carboxylic acids is 1. The Hall–Kier alpha value is -3.50. The average molecular weight is 463 g/mol. The van der Waals surface area contributed by atoms with Crippen LogP contribution in [0.2, 0.25) is 0 Å². The van der Waals surface area contributed by atoms with Crippen LogP contribution in [-0.2, 0) is 6.54 Å². The van der Waals surface area contributed by atoms with Gasteiger partial charge in [-0.2, -0.15) is 0 Å². The number of carboxylic acids is 1. The number of carbonyl (C=O) groups is 1. The summed E-state index contributed by atoms with van der Waals surface area (Å²) in [5.74, 6) is 0.545. The first-order valence-electron chi connectivity index (χ1n) is 9.92. The number of aromatic amines is 1. The van der Waals surface area contributed by atoms with Crippen molar-refractivity contribution in [2.24, 2.45) is 0 Å². The predicted molar refractivity (Wildman–Crippen MR) is 125 cm³/mol. The molecule has 0 fully saturated rings. The number of thioether (sulfide) groups is 1. The lowest BCUT2D eigenvalue weighted by Crippen LogP contribution is -2.01. The first kappa shape index (κ1) is 20.4. The lowest BCUT2D eigenvalue weighted by atomic mass is 9.98. The van der Waals surface area contributed by atoms with Crippen LogP contribution in [0.5, 0.6) is 0 Å². The number of H-pyrrole nitrogens is 1. The van der Waals surface area contributed by atoms with Gasteiger partial charge < -0.3 is 9.67 Å². The third-order valence-electron chi connectivity index (χ3n) is 5.08. The van der Waals surface area contributed by atoms with Crippen molar-refractivity contribution in [2.45, 2.75) is 18.6 Å². The smallest absolute Gasteiger partial charge is 0.348 e. The standard InChI is InChI=1S/C22H18N6O2S2/c1-2-31-22-23-18-17(12-32-19(18)21(29)30)28(22)11-13-7-9-14(10-8-13)15-5-3-4-6-16(15)20-24-26-27-25-20/h3-10,12H,2,11H2,1H3,(H,29,30)(H,24,25,26,27). The second-order valence-corrected chi connectivity index (χ2v) is 9.12. The van der Waals surface area contributed by atoms with Gasteiger partial charge >= 0.3 is 5.97 Å². The van der Waals surface area contributed by atoms with Crippen molar-refractivity contribution in [3.63, 3.8) is 0 Å². The van der Waals surface area contributed by atoms with E-state index in [1.165, 1.54) is 11.3 Å². The maximum Gasteiger partial charge on any atom is 0.348 e. The number of benzene rings is 2. The second-order valence-electron chi connectivity index (χ2n) is 7.01. The minimum atomic E-state index is -0.937. The molecule has 0 aliphatic carbocycles. The number of hydrogen-bond acceptors (Lipinski definition) is 7. The molecule has 160 valence electrons. The fourth-order valence-corrected chi connectivity index (χ4v) is 5.20. The number of hydrogen-bond donors (Lipinski definition) is 2. The molecule has 2 N–H and O–H groups in total. The number of nitrogens with one attached hydrogen (secondary N) is 1. The van der Waals surface area contributed by atoms with Gasteiger partial charge in [0.15, 0.2) is 11.0 Å². The summed E-state index contributed by atoms with van der Waals surface area (Å²) in [6, 6.07) is 16.3.